The average Bonchev–Trinajstić information content (AvgIpc) is 3.56. The highest BCUT2D eigenvalue weighted by Crippen LogP contribution is 2.37. The second-order valence-corrected chi connectivity index (χ2v) is 10.4. The summed E-state index contributed by atoms with van der Waals surface area (Å²) in [5, 5.41) is 0.334. The maximum Gasteiger partial charge on any atom is 0.338 e. The first-order valence-electron chi connectivity index (χ1n) is 12.6. The molecule has 0 aliphatic carbocycles. The number of aromatic nitrogens is 2. The number of hydrogen-bond donors (Lipinski definition) is 0. The smallest absolute Gasteiger partial charge is 0.338 e. The monoisotopic (exact) mass is 566 g/mol. The van der Waals surface area contributed by atoms with Gasteiger partial charge in [0.25, 0.3) is 0 Å². The predicted octanol–water partition coefficient (Wildman–Crippen LogP) is 6.96. The number of carbonyl (C=O) groups excluding carboxylic acids is 2. The van der Waals surface area contributed by atoms with Crippen molar-refractivity contribution in [2.75, 3.05) is 21.3 Å². The Labute approximate surface area is 237 Å². The van der Waals surface area contributed by atoms with E-state index in [1.165, 1.54) is 14.2 Å². The van der Waals surface area contributed by atoms with Crippen LogP contribution in [-0.2, 0) is 27.2 Å². The minimum atomic E-state index is -0.643. The molecule has 1 atom stereocenters. The van der Waals surface area contributed by atoms with E-state index in [2.05, 4.69) is 11.5 Å². The summed E-state index contributed by atoms with van der Waals surface area (Å²) < 4.78 is 18.0. The first kappa shape index (κ1) is 28.5. The molecule has 0 aliphatic heterocycles. The fourth-order valence-electron chi connectivity index (χ4n) is 4.59. The summed E-state index contributed by atoms with van der Waals surface area (Å²) in [7, 11) is 4.32. The van der Waals surface area contributed by atoms with Gasteiger partial charge in [0.15, 0.2) is 5.15 Å². The van der Waals surface area contributed by atoms with Crippen molar-refractivity contribution >= 4 is 34.9 Å². The molecular formula is C30H31ClN2O5S. The Hall–Kier alpha value is -3.46. The van der Waals surface area contributed by atoms with E-state index in [1.54, 1.807) is 36.6 Å². The van der Waals surface area contributed by atoms with Crippen molar-refractivity contribution < 1.29 is 23.8 Å². The Bertz CT molecular complexity index is 1460. The molecule has 0 saturated carbocycles. The molecule has 4 rings (SSSR count). The van der Waals surface area contributed by atoms with Crippen molar-refractivity contribution in [2.24, 2.45) is 0 Å². The molecule has 4 aromatic rings. The number of hydrogen-bond acceptors (Lipinski definition) is 7. The van der Waals surface area contributed by atoms with Crippen LogP contribution in [0.3, 0.4) is 0 Å². The molecule has 0 N–H and O–H groups in total. The van der Waals surface area contributed by atoms with E-state index in [-0.39, 0.29) is 5.97 Å². The molecule has 0 aliphatic rings. The van der Waals surface area contributed by atoms with Gasteiger partial charge in [-0.05, 0) is 30.7 Å². The van der Waals surface area contributed by atoms with Crippen molar-refractivity contribution in [1.82, 2.24) is 9.55 Å². The number of rotatable bonds is 11. The number of methoxy groups -OCH3 is 3. The van der Waals surface area contributed by atoms with Gasteiger partial charge in [-0.3, -0.25) is 0 Å². The van der Waals surface area contributed by atoms with E-state index in [9.17, 15) is 9.59 Å². The van der Waals surface area contributed by atoms with Gasteiger partial charge in [0.2, 0.25) is 0 Å². The molecule has 0 saturated heterocycles. The van der Waals surface area contributed by atoms with E-state index in [0.29, 0.717) is 34.1 Å². The van der Waals surface area contributed by atoms with Crippen molar-refractivity contribution in [3.8, 4) is 10.4 Å². The van der Waals surface area contributed by atoms with Crippen molar-refractivity contribution in [2.45, 2.75) is 38.8 Å². The number of imidazole rings is 1. The summed E-state index contributed by atoms with van der Waals surface area (Å²) >= 11 is 8.37. The molecule has 2 aromatic heterocycles. The van der Waals surface area contributed by atoms with Gasteiger partial charge in [-0.25, -0.2) is 14.6 Å². The molecular weight excluding hydrogens is 536 g/mol. The fourth-order valence-corrected chi connectivity index (χ4v) is 5.92. The van der Waals surface area contributed by atoms with Gasteiger partial charge in [-0.15, -0.1) is 11.3 Å². The lowest BCUT2D eigenvalue weighted by Crippen LogP contribution is -2.17. The highest BCUT2D eigenvalue weighted by atomic mass is 35.5. The Morgan fingerprint density at radius 1 is 0.949 bits per heavy atom. The van der Waals surface area contributed by atoms with Crippen LogP contribution in [0.2, 0.25) is 5.15 Å². The Morgan fingerprint density at radius 2 is 1.62 bits per heavy atom. The van der Waals surface area contributed by atoms with Crippen molar-refractivity contribution in [1.29, 1.82) is 0 Å². The molecule has 7 nitrogen and oxygen atoms in total. The number of aryl methyl sites for hydroxylation is 1. The molecule has 0 fully saturated rings. The van der Waals surface area contributed by atoms with Crippen molar-refractivity contribution in [3.05, 3.63) is 98.9 Å². The number of esters is 2. The lowest BCUT2D eigenvalue weighted by atomic mass is 10.00. The lowest BCUT2D eigenvalue weighted by Gasteiger charge is -2.21. The van der Waals surface area contributed by atoms with Gasteiger partial charge >= 0.3 is 11.9 Å². The van der Waals surface area contributed by atoms with Crippen LogP contribution >= 0.6 is 22.9 Å². The Morgan fingerprint density at radius 3 is 2.31 bits per heavy atom. The number of ether oxygens (including phenoxy) is 3. The summed E-state index contributed by atoms with van der Waals surface area (Å²) in [6.45, 7) is 2.63. The van der Waals surface area contributed by atoms with Crippen LogP contribution in [0.15, 0.2) is 60.7 Å². The number of unbranched alkanes of at least 4 members (excludes halogenated alkanes) is 1. The first-order valence-corrected chi connectivity index (χ1v) is 13.8. The zero-order valence-corrected chi connectivity index (χ0v) is 24.0. The summed E-state index contributed by atoms with van der Waals surface area (Å²) in [6.07, 6.45) is 2.06. The average molecular weight is 567 g/mol. The largest absolute Gasteiger partial charge is 0.465 e. The van der Waals surface area contributed by atoms with E-state index in [1.807, 2.05) is 42.5 Å². The minimum Gasteiger partial charge on any atom is -0.465 e. The Kier molecular flexibility index (Phi) is 9.56. The van der Waals surface area contributed by atoms with Crippen LogP contribution in [-0.4, -0.2) is 42.8 Å². The fraction of sp³-hybridized carbons (Fsp3) is 0.300. The van der Waals surface area contributed by atoms with E-state index in [0.717, 1.165) is 40.4 Å². The topological polar surface area (TPSA) is 79.7 Å². The molecule has 0 bridgehead atoms. The molecule has 9 heteroatoms. The van der Waals surface area contributed by atoms with Gasteiger partial charge in [-0.2, -0.15) is 0 Å². The number of halogens is 1. The van der Waals surface area contributed by atoms with Crippen LogP contribution in [0, 0.1) is 0 Å². The zero-order chi connectivity index (χ0) is 27.9. The van der Waals surface area contributed by atoms with Crippen LogP contribution in [0.1, 0.15) is 68.5 Å². The molecule has 0 amide bonds. The van der Waals surface area contributed by atoms with Gasteiger partial charge < -0.3 is 18.8 Å². The lowest BCUT2D eigenvalue weighted by molar-refractivity contribution is 0.0586. The zero-order valence-electron chi connectivity index (χ0n) is 22.4. The third kappa shape index (κ3) is 6.08. The first-order chi connectivity index (χ1) is 18.9. The SMILES string of the molecule is CCCCc1nc(Cl)c(C(OC)c2ccccc2C(=O)OC)n1Cc1ccc(-c2ccccc2C(=O)OC)s1. The molecule has 2 aromatic carbocycles. The molecule has 204 valence electrons. The number of benzene rings is 2. The highest BCUT2D eigenvalue weighted by Gasteiger charge is 2.29. The third-order valence-corrected chi connectivity index (χ3v) is 7.88. The maximum absolute atomic E-state index is 12.6. The highest BCUT2D eigenvalue weighted by molar-refractivity contribution is 7.15. The summed E-state index contributed by atoms with van der Waals surface area (Å²) in [4.78, 5) is 31.6. The summed E-state index contributed by atoms with van der Waals surface area (Å²) in [6, 6.07) is 18.6. The molecule has 1 unspecified atom stereocenters. The molecule has 2 heterocycles. The van der Waals surface area contributed by atoms with Crippen molar-refractivity contribution in [3.63, 3.8) is 0 Å². The van der Waals surface area contributed by atoms with Crippen LogP contribution < -0.4 is 0 Å². The van der Waals surface area contributed by atoms with Crippen LogP contribution in [0.5, 0.6) is 0 Å². The standard InChI is InChI=1S/C30H31ClN2O5S/c1-5-6-15-25-32-28(31)26(27(36-2)21-12-8-10-14-23(21)30(35)38-4)33(25)18-19-16-17-24(39-19)20-11-7-9-13-22(20)29(34)37-3/h7-14,16-17,27H,5-6,15,18H2,1-4H3. The maximum atomic E-state index is 12.6. The quantitative estimate of drug-likeness (QED) is 0.182. The van der Waals surface area contributed by atoms with Gasteiger partial charge in [-0.1, -0.05) is 61.3 Å². The number of carbonyl (C=O) groups is 2. The molecule has 0 spiro atoms. The summed E-state index contributed by atoms with van der Waals surface area (Å²) in [5.74, 6) is 0.0193. The number of nitrogens with zero attached hydrogens (tertiary/aromatic N) is 2. The normalized spacial score (nSPS) is 11.8. The van der Waals surface area contributed by atoms with Crippen LogP contribution in [0.25, 0.3) is 10.4 Å². The molecule has 39 heavy (non-hydrogen) atoms. The van der Waals surface area contributed by atoms with E-state index >= 15 is 0 Å². The summed E-state index contributed by atoms with van der Waals surface area (Å²) in [5.41, 5.74) is 3.06. The number of thiophene rings is 1. The van der Waals surface area contributed by atoms with E-state index < -0.39 is 12.1 Å². The van der Waals surface area contributed by atoms with E-state index in [4.69, 9.17) is 30.8 Å². The Balaban J connectivity index is 1.78. The van der Waals surface area contributed by atoms with Gasteiger partial charge in [0.05, 0.1) is 37.6 Å². The molecule has 0 radical (unpaired) electrons. The van der Waals surface area contributed by atoms with Gasteiger partial charge in [0, 0.05) is 34.4 Å². The predicted molar refractivity (Wildman–Crippen MR) is 153 cm³/mol. The third-order valence-electron chi connectivity index (χ3n) is 6.50. The van der Waals surface area contributed by atoms with Gasteiger partial charge in [0.1, 0.15) is 11.9 Å². The second kappa shape index (κ2) is 13.1. The second-order valence-electron chi connectivity index (χ2n) is 8.89. The minimum absolute atomic E-state index is 0.334. The van der Waals surface area contributed by atoms with Crippen LogP contribution in [0.4, 0.5) is 0 Å².